The Morgan fingerprint density at radius 1 is 1.15 bits per heavy atom. The summed E-state index contributed by atoms with van der Waals surface area (Å²) in [7, 11) is 0. The monoisotopic (exact) mass is 360 g/mol. The molecule has 2 aliphatic rings. The van der Waals surface area contributed by atoms with E-state index in [4.69, 9.17) is 0 Å². The number of nitrogens with one attached hydrogen (secondary N) is 1. The number of benzene rings is 1. The zero-order valence-electron chi connectivity index (χ0n) is 14.8. The van der Waals surface area contributed by atoms with Crippen LogP contribution < -0.4 is 5.32 Å². The van der Waals surface area contributed by atoms with Gasteiger partial charge in [0.25, 0.3) is 0 Å². The fraction of sp³-hybridized carbons (Fsp3) is 0.300. The van der Waals surface area contributed by atoms with Crippen LogP contribution >= 0.6 is 0 Å². The molecule has 2 N–H and O–H groups in total. The minimum Gasteiger partial charge on any atom is -0.507 e. The summed E-state index contributed by atoms with van der Waals surface area (Å²) in [6.45, 7) is 0. The van der Waals surface area contributed by atoms with Crippen LogP contribution in [0, 0.1) is 0 Å². The van der Waals surface area contributed by atoms with Gasteiger partial charge in [0.15, 0.2) is 5.82 Å². The van der Waals surface area contributed by atoms with Gasteiger partial charge in [-0.2, -0.15) is 0 Å². The molecule has 1 aromatic carbocycles. The Kier molecular flexibility index (Phi) is 3.94. The molecule has 7 nitrogen and oxygen atoms in total. The van der Waals surface area contributed by atoms with Crippen LogP contribution in [0.1, 0.15) is 31.4 Å². The molecule has 4 heterocycles. The molecule has 5 rings (SSSR count). The zero-order valence-corrected chi connectivity index (χ0v) is 14.8. The molecular weight excluding hydrogens is 340 g/mol. The van der Waals surface area contributed by atoms with Crippen molar-refractivity contribution in [3.05, 3.63) is 54.4 Å². The summed E-state index contributed by atoms with van der Waals surface area (Å²) in [6, 6.07) is 6.58. The van der Waals surface area contributed by atoms with Gasteiger partial charge in [-0.05, 0) is 43.9 Å². The van der Waals surface area contributed by atoms with Crippen LogP contribution in [0.2, 0.25) is 0 Å². The number of rotatable bonds is 3. The lowest BCUT2D eigenvalue weighted by molar-refractivity contribution is 0.475. The highest BCUT2D eigenvalue weighted by molar-refractivity contribution is 5.66. The molecule has 2 atom stereocenters. The quantitative estimate of drug-likeness (QED) is 0.747. The van der Waals surface area contributed by atoms with E-state index in [0.717, 1.165) is 24.2 Å². The zero-order chi connectivity index (χ0) is 18.2. The largest absolute Gasteiger partial charge is 0.507 e. The maximum Gasteiger partial charge on any atom is 0.185 e. The third kappa shape index (κ3) is 3.21. The number of piperidine rings is 1. The van der Waals surface area contributed by atoms with Gasteiger partial charge in [0.2, 0.25) is 0 Å². The third-order valence-corrected chi connectivity index (χ3v) is 5.31. The molecule has 2 fully saturated rings. The summed E-state index contributed by atoms with van der Waals surface area (Å²) in [4.78, 5) is 8.43. The first-order valence-electron chi connectivity index (χ1n) is 9.21. The van der Waals surface area contributed by atoms with E-state index < -0.39 is 0 Å². The number of aromatic hydroxyl groups is 1. The van der Waals surface area contributed by atoms with Crippen LogP contribution in [0.15, 0.2) is 48.7 Å². The maximum absolute atomic E-state index is 10.4. The van der Waals surface area contributed by atoms with Crippen LogP contribution in [0.25, 0.3) is 23.2 Å². The molecule has 0 spiro atoms. The summed E-state index contributed by atoms with van der Waals surface area (Å²) >= 11 is 0. The normalized spacial score (nSPS) is 23.0. The minimum absolute atomic E-state index is 0.115. The van der Waals surface area contributed by atoms with Gasteiger partial charge in [0, 0.05) is 30.5 Å². The molecule has 7 heteroatoms. The molecule has 1 unspecified atom stereocenters. The Morgan fingerprint density at radius 2 is 2.00 bits per heavy atom. The molecule has 0 aliphatic carbocycles. The molecule has 27 heavy (non-hydrogen) atoms. The lowest BCUT2D eigenvalue weighted by Gasteiger charge is -2.23. The van der Waals surface area contributed by atoms with E-state index in [1.165, 1.54) is 18.4 Å². The first kappa shape index (κ1) is 16.1. The van der Waals surface area contributed by atoms with Crippen LogP contribution in [-0.2, 0) is 0 Å². The number of hydrogen-bond acceptors (Lipinski definition) is 6. The molecule has 0 amide bonds. The molecule has 3 aromatic rings. The van der Waals surface area contributed by atoms with Crippen molar-refractivity contribution in [2.45, 2.75) is 37.8 Å². The third-order valence-electron chi connectivity index (χ3n) is 5.31. The summed E-state index contributed by atoms with van der Waals surface area (Å²) in [6.07, 6.45) is 13.7. The van der Waals surface area contributed by atoms with E-state index in [9.17, 15) is 5.11 Å². The number of aromatic nitrogens is 5. The molecule has 0 saturated carbocycles. The Hall–Kier alpha value is -3.06. The topological polar surface area (TPSA) is 88.8 Å². The fourth-order valence-electron chi connectivity index (χ4n) is 4.02. The van der Waals surface area contributed by atoms with Gasteiger partial charge < -0.3 is 15.0 Å². The second kappa shape index (κ2) is 6.59. The predicted octanol–water partition coefficient (Wildman–Crippen LogP) is 2.73. The van der Waals surface area contributed by atoms with Gasteiger partial charge in [-0.1, -0.05) is 5.57 Å². The van der Waals surface area contributed by atoms with Crippen molar-refractivity contribution >= 4 is 6.08 Å². The van der Waals surface area contributed by atoms with Crippen molar-refractivity contribution in [3.8, 4) is 22.8 Å². The molecule has 0 radical (unpaired) electrons. The van der Waals surface area contributed by atoms with Gasteiger partial charge in [0.05, 0.1) is 23.8 Å². The van der Waals surface area contributed by atoms with E-state index in [-0.39, 0.29) is 5.75 Å². The van der Waals surface area contributed by atoms with Gasteiger partial charge in [0.1, 0.15) is 11.4 Å². The summed E-state index contributed by atoms with van der Waals surface area (Å²) in [5.41, 5.74) is 3.57. The highest BCUT2D eigenvalue weighted by Crippen LogP contribution is 2.32. The van der Waals surface area contributed by atoms with Crippen LogP contribution in [0.3, 0.4) is 0 Å². The number of imidazole rings is 1. The molecule has 2 saturated heterocycles. The summed E-state index contributed by atoms with van der Waals surface area (Å²) in [5.74, 6) is 0.529. The fourth-order valence-corrected chi connectivity index (χ4v) is 4.02. The summed E-state index contributed by atoms with van der Waals surface area (Å²) in [5, 5.41) is 22.5. The van der Waals surface area contributed by atoms with Crippen LogP contribution in [-0.4, -0.2) is 41.9 Å². The van der Waals surface area contributed by atoms with Crippen molar-refractivity contribution in [2.24, 2.45) is 0 Å². The lowest BCUT2D eigenvalue weighted by Crippen LogP contribution is -2.34. The van der Waals surface area contributed by atoms with Gasteiger partial charge >= 0.3 is 0 Å². The van der Waals surface area contributed by atoms with Crippen molar-refractivity contribution in [2.75, 3.05) is 0 Å². The highest BCUT2D eigenvalue weighted by atomic mass is 16.3. The number of hydrogen-bond donors (Lipinski definition) is 2. The number of phenols is 1. The van der Waals surface area contributed by atoms with E-state index in [1.54, 1.807) is 30.9 Å². The Labute approximate surface area is 156 Å². The standard InChI is InChI=1S/C20H20N6O/c27-19-10-17(26-6-5-21-12-26)3-4-18(19)20-22-11-16(24-25-20)9-13-7-14-1-2-15(8-13)23-14/h3-6,9-12,14-15,23,27H,1-2,7-8H2/t14-,15?/m0/s1. The van der Waals surface area contributed by atoms with Gasteiger partial charge in [-0.3, -0.25) is 0 Å². The Morgan fingerprint density at radius 3 is 2.67 bits per heavy atom. The van der Waals surface area contributed by atoms with Gasteiger partial charge in [-0.15, -0.1) is 10.2 Å². The average molecular weight is 360 g/mol. The van der Waals surface area contributed by atoms with Crippen molar-refractivity contribution in [1.82, 2.24) is 30.0 Å². The van der Waals surface area contributed by atoms with Crippen LogP contribution in [0.5, 0.6) is 5.75 Å². The molecule has 136 valence electrons. The average Bonchev–Trinajstić information content (AvgIpc) is 3.32. The second-order valence-corrected chi connectivity index (χ2v) is 7.23. The first-order chi connectivity index (χ1) is 13.2. The summed E-state index contributed by atoms with van der Waals surface area (Å²) < 4.78 is 1.82. The SMILES string of the molecule is Oc1cc(-n2ccnc2)ccc1-c1ncc(C=C2CC3CC[C@@H](C2)N3)nn1. The second-order valence-electron chi connectivity index (χ2n) is 7.23. The smallest absolute Gasteiger partial charge is 0.185 e. The minimum atomic E-state index is 0.115. The van der Waals surface area contributed by atoms with E-state index in [1.807, 2.05) is 16.8 Å². The Balaban J connectivity index is 1.37. The Bertz CT molecular complexity index is 966. The molecular formula is C20H20N6O. The molecule has 2 aliphatic heterocycles. The first-order valence-corrected chi connectivity index (χ1v) is 9.21. The van der Waals surface area contributed by atoms with Crippen molar-refractivity contribution in [3.63, 3.8) is 0 Å². The van der Waals surface area contributed by atoms with Gasteiger partial charge in [-0.25, -0.2) is 9.97 Å². The number of nitrogens with zero attached hydrogens (tertiary/aromatic N) is 5. The molecule has 2 bridgehead atoms. The predicted molar refractivity (Wildman–Crippen MR) is 101 cm³/mol. The lowest BCUT2D eigenvalue weighted by atomic mass is 9.98. The van der Waals surface area contributed by atoms with Crippen LogP contribution in [0.4, 0.5) is 0 Å². The van der Waals surface area contributed by atoms with E-state index in [2.05, 4.69) is 31.6 Å². The van der Waals surface area contributed by atoms with E-state index >= 15 is 0 Å². The molecule has 2 aromatic heterocycles. The number of phenolic OH excluding ortho intramolecular Hbond substituents is 1. The number of fused-ring (bicyclic) bond motifs is 2. The van der Waals surface area contributed by atoms with E-state index in [0.29, 0.717) is 23.5 Å². The van der Waals surface area contributed by atoms with Crippen molar-refractivity contribution in [1.29, 1.82) is 0 Å². The maximum atomic E-state index is 10.4. The van der Waals surface area contributed by atoms with Crippen molar-refractivity contribution < 1.29 is 5.11 Å². The highest BCUT2D eigenvalue weighted by Gasteiger charge is 2.30.